The Morgan fingerprint density at radius 1 is 1.15 bits per heavy atom. The first kappa shape index (κ1) is 22.9. The zero-order valence-electron chi connectivity index (χ0n) is 18.8. The maximum atomic E-state index is 13.3. The Hall–Kier alpha value is -2.88. The average molecular weight is 493 g/mol. The first-order valence-electron chi connectivity index (χ1n) is 11.2. The summed E-state index contributed by atoms with van der Waals surface area (Å²) in [5.41, 5.74) is 2.83. The van der Waals surface area contributed by atoms with Gasteiger partial charge in [0.2, 0.25) is 11.7 Å². The summed E-state index contributed by atoms with van der Waals surface area (Å²) in [6, 6.07) is 7.70. The molecule has 0 N–H and O–H groups in total. The lowest BCUT2D eigenvalue weighted by molar-refractivity contribution is -0.148. The second kappa shape index (κ2) is 8.41. The molecule has 0 aliphatic carbocycles. The molecule has 180 valence electrons. The van der Waals surface area contributed by atoms with Gasteiger partial charge in [0.1, 0.15) is 0 Å². The van der Waals surface area contributed by atoms with Gasteiger partial charge in [0.05, 0.1) is 12.1 Å². The number of fused-ring (bicyclic) bond motifs is 2. The Bertz CT molecular complexity index is 1260. The quantitative estimate of drug-likeness (QED) is 0.533. The normalized spacial score (nSPS) is 21.1. The second-order valence-electron chi connectivity index (χ2n) is 9.11. The highest BCUT2D eigenvalue weighted by molar-refractivity contribution is 6.31. The smallest absolute Gasteiger partial charge is 0.371 e. The summed E-state index contributed by atoms with van der Waals surface area (Å²) >= 11 is 6.24. The van der Waals surface area contributed by atoms with Crippen LogP contribution >= 0.6 is 11.6 Å². The van der Waals surface area contributed by atoms with Crippen LogP contribution in [-0.2, 0) is 24.1 Å². The maximum Gasteiger partial charge on any atom is 0.451 e. The van der Waals surface area contributed by atoms with E-state index in [1.807, 2.05) is 38.1 Å². The number of anilines is 1. The predicted molar refractivity (Wildman–Crippen MR) is 121 cm³/mol. The number of carbonyl (C=O) groups excluding carboxylic acids is 1. The standard InChI is InChI=1S/C23H24ClF3N6O/c1-13-11-31(19-9-14(2)28-18-4-3-15(24)10-17(18)19)6-5-16(13)21(34)32-7-8-33-20(12-32)29-30-22(33)23(25,26)27/h3-4,9-10,13,16H,5-8,11-12H2,1-2H3/t13-,16+/m1/s1. The molecule has 2 aromatic heterocycles. The lowest BCUT2D eigenvalue weighted by Crippen LogP contribution is -2.49. The highest BCUT2D eigenvalue weighted by Gasteiger charge is 2.41. The molecule has 11 heteroatoms. The zero-order chi connectivity index (χ0) is 24.2. The molecule has 5 rings (SSSR count). The number of hydrogen-bond acceptors (Lipinski definition) is 5. The number of aromatic nitrogens is 4. The predicted octanol–water partition coefficient (Wildman–Crippen LogP) is 4.31. The van der Waals surface area contributed by atoms with E-state index in [2.05, 4.69) is 20.1 Å². The summed E-state index contributed by atoms with van der Waals surface area (Å²) in [6.07, 6.45) is -3.90. The Kier molecular flexibility index (Phi) is 5.66. The number of rotatable bonds is 2. The number of alkyl halides is 3. The van der Waals surface area contributed by atoms with Gasteiger partial charge in [0.25, 0.3) is 0 Å². The Morgan fingerprint density at radius 3 is 2.68 bits per heavy atom. The van der Waals surface area contributed by atoms with E-state index in [1.165, 1.54) is 0 Å². The third-order valence-corrected chi connectivity index (χ3v) is 6.99. The number of pyridine rings is 1. The molecule has 0 bridgehead atoms. The van der Waals surface area contributed by atoms with Crippen molar-refractivity contribution in [2.45, 2.75) is 39.5 Å². The van der Waals surface area contributed by atoms with Crippen molar-refractivity contribution in [2.24, 2.45) is 11.8 Å². The molecular formula is C23H24ClF3N6O. The highest BCUT2D eigenvalue weighted by Crippen LogP contribution is 2.35. The van der Waals surface area contributed by atoms with Crippen LogP contribution in [-0.4, -0.2) is 50.2 Å². The van der Waals surface area contributed by atoms with Gasteiger partial charge in [-0.25, -0.2) is 0 Å². The van der Waals surface area contributed by atoms with Crippen LogP contribution in [0.2, 0.25) is 5.02 Å². The van der Waals surface area contributed by atoms with Gasteiger partial charge in [0, 0.05) is 53.9 Å². The van der Waals surface area contributed by atoms with E-state index in [-0.39, 0.29) is 43.2 Å². The monoisotopic (exact) mass is 492 g/mol. The first-order valence-corrected chi connectivity index (χ1v) is 11.6. The lowest BCUT2D eigenvalue weighted by Gasteiger charge is -2.40. The molecule has 0 spiro atoms. The van der Waals surface area contributed by atoms with Gasteiger partial charge >= 0.3 is 6.18 Å². The summed E-state index contributed by atoms with van der Waals surface area (Å²) < 4.78 is 40.4. The Labute approximate surface area is 199 Å². The number of benzene rings is 1. The molecule has 1 aromatic carbocycles. The van der Waals surface area contributed by atoms with Crippen LogP contribution in [0.4, 0.5) is 18.9 Å². The van der Waals surface area contributed by atoms with Crippen molar-refractivity contribution in [3.05, 3.63) is 46.6 Å². The summed E-state index contributed by atoms with van der Waals surface area (Å²) in [7, 11) is 0. The molecule has 0 unspecified atom stereocenters. The molecule has 3 aromatic rings. The van der Waals surface area contributed by atoms with Crippen LogP contribution < -0.4 is 4.90 Å². The van der Waals surface area contributed by atoms with Gasteiger partial charge in [-0.15, -0.1) is 10.2 Å². The number of piperidine rings is 1. The number of hydrogen-bond donors (Lipinski definition) is 0. The summed E-state index contributed by atoms with van der Waals surface area (Å²) in [6.45, 7) is 5.67. The Balaban J connectivity index is 1.32. The van der Waals surface area contributed by atoms with Crippen LogP contribution in [0, 0.1) is 18.8 Å². The summed E-state index contributed by atoms with van der Waals surface area (Å²) in [4.78, 5) is 21.8. The minimum Gasteiger partial charge on any atom is -0.371 e. The number of aryl methyl sites for hydroxylation is 1. The SMILES string of the molecule is Cc1cc(N2CC[C@H](C(=O)N3CCn4c(nnc4C(F)(F)F)C3)[C@H](C)C2)c2cc(Cl)ccc2n1. The highest BCUT2D eigenvalue weighted by atomic mass is 35.5. The van der Waals surface area contributed by atoms with E-state index in [1.54, 1.807) is 4.90 Å². The number of halogens is 4. The average Bonchev–Trinajstić information content (AvgIpc) is 3.22. The Morgan fingerprint density at radius 2 is 1.94 bits per heavy atom. The molecule has 34 heavy (non-hydrogen) atoms. The van der Waals surface area contributed by atoms with E-state index in [0.29, 0.717) is 24.5 Å². The molecule has 0 radical (unpaired) electrons. The van der Waals surface area contributed by atoms with E-state index >= 15 is 0 Å². The number of nitrogens with zero attached hydrogens (tertiary/aromatic N) is 6. The number of amides is 1. The van der Waals surface area contributed by atoms with Gasteiger partial charge in [-0.05, 0) is 43.5 Å². The van der Waals surface area contributed by atoms with Crippen molar-refractivity contribution in [1.82, 2.24) is 24.6 Å². The molecule has 4 heterocycles. The van der Waals surface area contributed by atoms with E-state index in [9.17, 15) is 18.0 Å². The third kappa shape index (κ3) is 4.08. The molecule has 2 aliphatic heterocycles. The van der Waals surface area contributed by atoms with Gasteiger partial charge in [-0.2, -0.15) is 13.2 Å². The van der Waals surface area contributed by atoms with Crippen LogP contribution in [0.5, 0.6) is 0 Å². The van der Waals surface area contributed by atoms with E-state index in [0.717, 1.165) is 26.9 Å². The van der Waals surface area contributed by atoms with Gasteiger partial charge in [-0.3, -0.25) is 9.78 Å². The van der Waals surface area contributed by atoms with E-state index in [4.69, 9.17) is 11.6 Å². The third-order valence-electron chi connectivity index (χ3n) is 6.76. The summed E-state index contributed by atoms with van der Waals surface area (Å²) in [5.74, 6) is -1.00. The van der Waals surface area contributed by atoms with Crippen molar-refractivity contribution < 1.29 is 18.0 Å². The van der Waals surface area contributed by atoms with Crippen molar-refractivity contribution in [3.63, 3.8) is 0 Å². The van der Waals surface area contributed by atoms with Crippen molar-refractivity contribution in [3.8, 4) is 0 Å². The van der Waals surface area contributed by atoms with Crippen molar-refractivity contribution in [2.75, 3.05) is 24.5 Å². The zero-order valence-corrected chi connectivity index (χ0v) is 19.6. The van der Waals surface area contributed by atoms with Crippen LogP contribution in [0.15, 0.2) is 24.3 Å². The largest absolute Gasteiger partial charge is 0.451 e. The maximum absolute atomic E-state index is 13.3. The van der Waals surface area contributed by atoms with Gasteiger partial charge < -0.3 is 14.4 Å². The molecule has 1 saturated heterocycles. The van der Waals surface area contributed by atoms with Gasteiger partial charge in [0.15, 0.2) is 5.82 Å². The fourth-order valence-electron chi connectivity index (χ4n) is 5.09. The van der Waals surface area contributed by atoms with Crippen molar-refractivity contribution >= 4 is 34.1 Å². The number of carbonyl (C=O) groups is 1. The minimum atomic E-state index is -4.56. The summed E-state index contributed by atoms with van der Waals surface area (Å²) in [5, 5.41) is 8.61. The molecule has 1 fully saturated rings. The molecule has 1 amide bonds. The molecule has 2 aliphatic rings. The van der Waals surface area contributed by atoms with Crippen LogP contribution in [0.1, 0.15) is 30.7 Å². The van der Waals surface area contributed by atoms with Crippen LogP contribution in [0.25, 0.3) is 10.9 Å². The van der Waals surface area contributed by atoms with Crippen molar-refractivity contribution in [1.29, 1.82) is 0 Å². The molecular weight excluding hydrogens is 469 g/mol. The molecule has 2 atom stereocenters. The van der Waals surface area contributed by atoms with Crippen LogP contribution in [0.3, 0.4) is 0 Å². The fourth-order valence-corrected chi connectivity index (χ4v) is 5.26. The van der Waals surface area contributed by atoms with E-state index < -0.39 is 12.0 Å². The fraction of sp³-hybridized carbons (Fsp3) is 0.478. The minimum absolute atomic E-state index is 0.0335. The first-order chi connectivity index (χ1) is 16.1. The van der Waals surface area contributed by atoms with Gasteiger partial charge in [-0.1, -0.05) is 18.5 Å². The molecule has 7 nitrogen and oxygen atoms in total. The second-order valence-corrected chi connectivity index (χ2v) is 9.55. The topological polar surface area (TPSA) is 67.2 Å². The lowest BCUT2D eigenvalue weighted by atomic mass is 9.85. The molecule has 0 saturated carbocycles.